The molecule has 0 bridgehead atoms. The number of fused-ring (bicyclic) bond motifs is 5. The van der Waals surface area contributed by atoms with Gasteiger partial charge in [0.2, 0.25) is 5.91 Å². The molecule has 1 amide bonds. The van der Waals surface area contributed by atoms with E-state index >= 15 is 0 Å². The van der Waals surface area contributed by atoms with Crippen LogP contribution in [0.4, 0.5) is 0 Å². The third-order valence-corrected chi connectivity index (χ3v) is 7.24. The van der Waals surface area contributed by atoms with E-state index in [9.17, 15) is 9.90 Å². The molecule has 7 heteroatoms. The lowest BCUT2D eigenvalue weighted by Gasteiger charge is -2.47. The molecule has 162 valence electrons. The summed E-state index contributed by atoms with van der Waals surface area (Å²) in [6.07, 6.45) is 1.60. The third kappa shape index (κ3) is 3.64. The SMILES string of the molecule is CN(Cc1cc(Cl)cc(Cl)c1)[C@H]1C[C@H]2c3[nH]c4ccccc4c3CCN2C(=O)[C@H]1CO. The summed E-state index contributed by atoms with van der Waals surface area (Å²) in [5.74, 6) is -0.411. The van der Waals surface area contributed by atoms with Crippen LogP contribution in [0.5, 0.6) is 0 Å². The summed E-state index contributed by atoms with van der Waals surface area (Å²) in [6.45, 7) is 1.13. The normalized spacial score (nSPS) is 23.3. The fraction of sp³-hybridized carbons (Fsp3) is 0.375. The van der Waals surface area contributed by atoms with Crippen LogP contribution in [0, 0.1) is 5.92 Å². The van der Waals surface area contributed by atoms with Crippen molar-refractivity contribution >= 4 is 40.0 Å². The van der Waals surface area contributed by atoms with Crippen LogP contribution in [0.3, 0.4) is 0 Å². The van der Waals surface area contributed by atoms with E-state index in [1.165, 1.54) is 10.9 Å². The maximum Gasteiger partial charge on any atom is 0.230 e. The molecular formula is C24H25Cl2N3O2. The Hall–Kier alpha value is -2.05. The van der Waals surface area contributed by atoms with Crippen LogP contribution in [0.25, 0.3) is 10.9 Å². The maximum absolute atomic E-state index is 13.4. The van der Waals surface area contributed by atoms with E-state index in [-0.39, 0.29) is 24.6 Å². The number of aliphatic hydroxyl groups is 1. The predicted molar refractivity (Wildman–Crippen MR) is 123 cm³/mol. The first kappa shape index (κ1) is 20.8. The average Bonchev–Trinajstić information content (AvgIpc) is 3.12. The molecule has 2 aromatic carbocycles. The molecule has 2 aliphatic rings. The molecule has 3 heterocycles. The number of halogens is 2. The lowest BCUT2D eigenvalue weighted by atomic mass is 9.81. The second-order valence-corrected chi connectivity index (χ2v) is 9.52. The lowest BCUT2D eigenvalue weighted by Crippen LogP contribution is -2.57. The van der Waals surface area contributed by atoms with Gasteiger partial charge in [0, 0.05) is 45.8 Å². The van der Waals surface area contributed by atoms with Crippen molar-refractivity contribution in [1.82, 2.24) is 14.8 Å². The smallest absolute Gasteiger partial charge is 0.230 e. The molecule has 1 aromatic heterocycles. The average molecular weight is 458 g/mol. The van der Waals surface area contributed by atoms with E-state index in [4.69, 9.17) is 23.2 Å². The van der Waals surface area contributed by atoms with E-state index in [1.807, 2.05) is 30.1 Å². The van der Waals surface area contributed by atoms with Gasteiger partial charge in [0.25, 0.3) is 0 Å². The van der Waals surface area contributed by atoms with Crippen molar-refractivity contribution in [2.45, 2.75) is 31.5 Å². The van der Waals surface area contributed by atoms with Gasteiger partial charge in [0.15, 0.2) is 0 Å². The number of aliphatic hydroxyl groups excluding tert-OH is 1. The van der Waals surface area contributed by atoms with Gasteiger partial charge in [-0.2, -0.15) is 0 Å². The quantitative estimate of drug-likeness (QED) is 0.609. The van der Waals surface area contributed by atoms with Crippen LogP contribution in [-0.2, 0) is 17.8 Å². The van der Waals surface area contributed by atoms with Crippen molar-refractivity contribution in [3.63, 3.8) is 0 Å². The molecular weight excluding hydrogens is 433 g/mol. The second kappa shape index (κ2) is 8.14. The van der Waals surface area contributed by atoms with Gasteiger partial charge in [-0.1, -0.05) is 41.4 Å². The fourth-order valence-electron chi connectivity index (χ4n) is 5.39. The molecule has 3 atom stereocenters. The highest BCUT2D eigenvalue weighted by atomic mass is 35.5. The number of benzene rings is 2. The van der Waals surface area contributed by atoms with Crippen molar-refractivity contribution in [3.05, 3.63) is 69.3 Å². The Bertz CT molecular complexity index is 1120. The Morgan fingerprint density at radius 1 is 1.19 bits per heavy atom. The van der Waals surface area contributed by atoms with Gasteiger partial charge in [0.1, 0.15) is 0 Å². The number of carbonyl (C=O) groups excluding carboxylic acids is 1. The second-order valence-electron chi connectivity index (χ2n) is 8.65. The Kier molecular flexibility index (Phi) is 5.47. The van der Waals surface area contributed by atoms with Gasteiger partial charge < -0.3 is 15.0 Å². The topological polar surface area (TPSA) is 59.6 Å². The summed E-state index contributed by atoms with van der Waals surface area (Å²) in [6, 6.07) is 13.7. The number of aromatic nitrogens is 1. The Balaban J connectivity index is 1.47. The molecule has 0 unspecified atom stereocenters. The monoisotopic (exact) mass is 457 g/mol. The van der Waals surface area contributed by atoms with Crippen LogP contribution >= 0.6 is 23.2 Å². The number of rotatable bonds is 4. The summed E-state index contributed by atoms with van der Waals surface area (Å²) in [7, 11) is 2.00. The van der Waals surface area contributed by atoms with Gasteiger partial charge in [-0.25, -0.2) is 0 Å². The van der Waals surface area contributed by atoms with Crippen molar-refractivity contribution in [2.24, 2.45) is 5.92 Å². The number of carbonyl (C=O) groups is 1. The molecule has 5 nitrogen and oxygen atoms in total. The standard InChI is InChI=1S/C24H25Cl2N3O2/c1-28(12-14-8-15(25)10-16(26)9-14)21-11-22-23-18(17-4-2-3-5-20(17)27-23)6-7-29(22)24(31)19(21)13-30/h2-5,8-10,19,21-22,27,30H,6-7,11-13H2,1H3/t19-,21-,22-/m0/s1. The van der Waals surface area contributed by atoms with Crippen LogP contribution in [0.1, 0.15) is 29.3 Å². The number of nitrogens with one attached hydrogen (secondary N) is 1. The Labute approximate surface area is 191 Å². The first-order valence-corrected chi connectivity index (χ1v) is 11.4. The Morgan fingerprint density at radius 3 is 2.68 bits per heavy atom. The minimum absolute atomic E-state index is 0.0122. The van der Waals surface area contributed by atoms with Crippen molar-refractivity contribution in [1.29, 1.82) is 0 Å². The van der Waals surface area contributed by atoms with Crippen molar-refractivity contribution < 1.29 is 9.90 Å². The van der Waals surface area contributed by atoms with Crippen LogP contribution in [0.2, 0.25) is 10.0 Å². The van der Waals surface area contributed by atoms with E-state index in [2.05, 4.69) is 28.1 Å². The lowest BCUT2D eigenvalue weighted by molar-refractivity contribution is -0.149. The van der Waals surface area contributed by atoms with Crippen LogP contribution < -0.4 is 0 Å². The summed E-state index contributed by atoms with van der Waals surface area (Å²) < 4.78 is 0. The Morgan fingerprint density at radius 2 is 1.94 bits per heavy atom. The number of aromatic amines is 1. The van der Waals surface area contributed by atoms with Gasteiger partial charge >= 0.3 is 0 Å². The number of hydrogen-bond acceptors (Lipinski definition) is 3. The molecule has 5 rings (SSSR count). The fourth-order valence-corrected chi connectivity index (χ4v) is 5.96. The minimum Gasteiger partial charge on any atom is -0.395 e. The molecule has 0 saturated carbocycles. The zero-order valence-electron chi connectivity index (χ0n) is 17.3. The third-order valence-electron chi connectivity index (χ3n) is 6.81. The minimum atomic E-state index is -0.443. The van der Waals surface area contributed by atoms with E-state index in [0.717, 1.165) is 29.6 Å². The zero-order chi connectivity index (χ0) is 21.7. The van der Waals surface area contributed by atoms with Gasteiger partial charge in [-0.05, 0) is 55.3 Å². The number of piperidine rings is 1. The van der Waals surface area contributed by atoms with Gasteiger partial charge in [-0.3, -0.25) is 9.69 Å². The van der Waals surface area contributed by atoms with Crippen LogP contribution in [0.15, 0.2) is 42.5 Å². The highest BCUT2D eigenvalue weighted by Gasteiger charge is 2.46. The molecule has 2 N–H and O–H groups in total. The molecule has 0 radical (unpaired) electrons. The highest BCUT2D eigenvalue weighted by molar-refractivity contribution is 6.34. The molecule has 0 aliphatic carbocycles. The molecule has 2 aliphatic heterocycles. The highest BCUT2D eigenvalue weighted by Crippen LogP contribution is 2.42. The zero-order valence-corrected chi connectivity index (χ0v) is 18.8. The number of H-pyrrole nitrogens is 1. The van der Waals surface area contributed by atoms with E-state index < -0.39 is 5.92 Å². The van der Waals surface area contributed by atoms with E-state index in [1.54, 1.807) is 6.07 Å². The van der Waals surface area contributed by atoms with Gasteiger partial charge in [-0.15, -0.1) is 0 Å². The van der Waals surface area contributed by atoms with Crippen LogP contribution in [-0.4, -0.2) is 52.0 Å². The van der Waals surface area contributed by atoms with E-state index in [0.29, 0.717) is 23.1 Å². The largest absolute Gasteiger partial charge is 0.395 e. The molecule has 0 spiro atoms. The molecule has 3 aromatic rings. The number of para-hydroxylation sites is 1. The predicted octanol–water partition coefficient (Wildman–Crippen LogP) is 4.41. The number of nitrogens with zero attached hydrogens (tertiary/aromatic N) is 2. The maximum atomic E-state index is 13.4. The first-order chi connectivity index (χ1) is 15.0. The molecule has 1 saturated heterocycles. The van der Waals surface area contributed by atoms with Gasteiger partial charge in [0.05, 0.1) is 18.6 Å². The first-order valence-electron chi connectivity index (χ1n) is 10.6. The molecule has 31 heavy (non-hydrogen) atoms. The van der Waals surface area contributed by atoms with Crippen molar-refractivity contribution in [2.75, 3.05) is 20.2 Å². The number of amides is 1. The molecule has 1 fully saturated rings. The summed E-state index contributed by atoms with van der Waals surface area (Å²) in [5, 5.41) is 12.5. The summed E-state index contributed by atoms with van der Waals surface area (Å²) >= 11 is 12.4. The van der Waals surface area contributed by atoms with Crippen molar-refractivity contribution in [3.8, 4) is 0 Å². The summed E-state index contributed by atoms with van der Waals surface area (Å²) in [4.78, 5) is 21.1. The number of hydrogen-bond donors (Lipinski definition) is 2. The summed E-state index contributed by atoms with van der Waals surface area (Å²) in [5.41, 5.74) is 4.56.